The molecule has 8 heteroatoms. The van der Waals surface area contributed by atoms with Gasteiger partial charge in [-0.25, -0.2) is 14.6 Å². The van der Waals surface area contributed by atoms with Crippen LogP contribution in [0.15, 0.2) is 71.8 Å². The standard InChI is InChI=1S/C22H18FN3O4/c1-29-20-12-14(13-25-26-21(27)15-7-9-16(24)10-8-15)6-11-19(20)30-22(28)17-4-2-3-5-18(17)23/h2-13H,24H2,1H3,(H,26,27)/b25-13+. The first kappa shape index (κ1) is 20.5. The summed E-state index contributed by atoms with van der Waals surface area (Å²) < 4.78 is 24.2. The number of amides is 1. The lowest BCUT2D eigenvalue weighted by Crippen LogP contribution is -2.17. The van der Waals surface area contributed by atoms with Crippen molar-refractivity contribution in [3.05, 3.63) is 89.2 Å². The van der Waals surface area contributed by atoms with E-state index in [2.05, 4.69) is 10.5 Å². The van der Waals surface area contributed by atoms with Gasteiger partial charge in [-0.3, -0.25) is 4.79 Å². The summed E-state index contributed by atoms with van der Waals surface area (Å²) in [5, 5.41) is 3.90. The summed E-state index contributed by atoms with van der Waals surface area (Å²) in [5.41, 5.74) is 9.35. The molecule has 0 saturated carbocycles. The second kappa shape index (κ2) is 9.33. The van der Waals surface area contributed by atoms with E-state index in [1.54, 1.807) is 36.4 Å². The van der Waals surface area contributed by atoms with Crippen LogP contribution in [0.5, 0.6) is 11.5 Å². The van der Waals surface area contributed by atoms with Crippen LogP contribution in [-0.2, 0) is 0 Å². The monoisotopic (exact) mass is 407 g/mol. The number of anilines is 1. The summed E-state index contributed by atoms with van der Waals surface area (Å²) in [6, 6.07) is 16.6. The Labute approximate surface area is 171 Å². The maximum Gasteiger partial charge on any atom is 0.346 e. The number of carbonyl (C=O) groups is 2. The Bertz CT molecular complexity index is 1100. The SMILES string of the molecule is COc1cc(/C=N/NC(=O)c2ccc(N)cc2)ccc1OC(=O)c1ccccc1F. The summed E-state index contributed by atoms with van der Waals surface area (Å²) in [5.74, 6) is -1.55. The third kappa shape index (κ3) is 4.99. The number of nitrogens with one attached hydrogen (secondary N) is 1. The van der Waals surface area contributed by atoms with Crippen molar-refractivity contribution in [1.29, 1.82) is 0 Å². The number of halogens is 1. The van der Waals surface area contributed by atoms with Gasteiger partial charge in [-0.2, -0.15) is 5.10 Å². The van der Waals surface area contributed by atoms with Crippen LogP contribution >= 0.6 is 0 Å². The number of nitrogen functional groups attached to an aromatic ring is 1. The first-order valence-electron chi connectivity index (χ1n) is 8.81. The van der Waals surface area contributed by atoms with Gasteiger partial charge in [0, 0.05) is 11.3 Å². The smallest absolute Gasteiger partial charge is 0.346 e. The van der Waals surface area contributed by atoms with Crippen molar-refractivity contribution >= 4 is 23.8 Å². The lowest BCUT2D eigenvalue weighted by molar-refractivity contribution is 0.0724. The van der Waals surface area contributed by atoms with Crippen LogP contribution in [-0.4, -0.2) is 25.2 Å². The Morgan fingerprint density at radius 2 is 1.77 bits per heavy atom. The molecule has 0 saturated heterocycles. The van der Waals surface area contributed by atoms with E-state index in [0.717, 1.165) is 0 Å². The molecular weight excluding hydrogens is 389 g/mol. The second-order valence-electron chi connectivity index (χ2n) is 6.10. The van der Waals surface area contributed by atoms with E-state index in [1.165, 1.54) is 43.7 Å². The zero-order valence-corrected chi connectivity index (χ0v) is 16.0. The molecule has 3 aromatic rings. The van der Waals surface area contributed by atoms with Crippen molar-refractivity contribution in [3.63, 3.8) is 0 Å². The maximum atomic E-state index is 13.7. The number of benzene rings is 3. The highest BCUT2D eigenvalue weighted by molar-refractivity contribution is 5.95. The fourth-order valence-corrected chi connectivity index (χ4v) is 2.49. The number of hydrogen-bond acceptors (Lipinski definition) is 6. The highest BCUT2D eigenvalue weighted by Gasteiger charge is 2.16. The van der Waals surface area contributed by atoms with Gasteiger partial charge in [-0.15, -0.1) is 0 Å². The van der Waals surface area contributed by atoms with Crippen LogP contribution in [0.4, 0.5) is 10.1 Å². The molecule has 0 fully saturated rings. The van der Waals surface area contributed by atoms with Gasteiger partial charge in [0.05, 0.1) is 18.9 Å². The molecule has 3 N–H and O–H groups in total. The van der Waals surface area contributed by atoms with E-state index in [4.69, 9.17) is 15.2 Å². The molecule has 0 aliphatic rings. The van der Waals surface area contributed by atoms with Gasteiger partial charge in [0.1, 0.15) is 5.82 Å². The number of hydrazone groups is 1. The van der Waals surface area contributed by atoms with E-state index >= 15 is 0 Å². The molecular formula is C22H18FN3O4. The summed E-state index contributed by atoms with van der Waals surface area (Å²) in [7, 11) is 1.40. The molecule has 0 aliphatic carbocycles. The highest BCUT2D eigenvalue weighted by Crippen LogP contribution is 2.28. The minimum atomic E-state index is -0.844. The van der Waals surface area contributed by atoms with Crippen LogP contribution < -0.4 is 20.6 Å². The molecule has 3 rings (SSSR count). The van der Waals surface area contributed by atoms with E-state index in [0.29, 0.717) is 16.8 Å². The van der Waals surface area contributed by atoms with Crippen molar-refractivity contribution in [3.8, 4) is 11.5 Å². The Hall–Kier alpha value is -4.20. The van der Waals surface area contributed by atoms with E-state index < -0.39 is 17.7 Å². The van der Waals surface area contributed by atoms with Gasteiger partial charge in [-0.05, 0) is 60.2 Å². The van der Waals surface area contributed by atoms with Crippen LogP contribution in [0.3, 0.4) is 0 Å². The topological polar surface area (TPSA) is 103 Å². The van der Waals surface area contributed by atoms with Crippen molar-refractivity contribution in [2.75, 3.05) is 12.8 Å². The van der Waals surface area contributed by atoms with Crippen molar-refractivity contribution in [2.24, 2.45) is 5.10 Å². The number of carbonyl (C=O) groups excluding carboxylic acids is 2. The van der Waals surface area contributed by atoms with Gasteiger partial charge in [0.25, 0.3) is 5.91 Å². The highest BCUT2D eigenvalue weighted by atomic mass is 19.1. The normalized spacial score (nSPS) is 10.6. The molecule has 30 heavy (non-hydrogen) atoms. The quantitative estimate of drug-likeness (QED) is 0.214. The predicted molar refractivity (Wildman–Crippen MR) is 110 cm³/mol. The Kier molecular flexibility index (Phi) is 6.39. The number of ether oxygens (including phenoxy) is 2. The van der Waals surface area contributed by atoms with Gasteiger partial charge < -0.3 is 15.2 Å². The van der Waals surface area contributed by atoms with Crippen molar-refractivity contribution in [1.82, 2.24) is 5.43 Å². The summed E-state index contributed by atoms with van der Waals surface area (Å²) >= 11 is 0. The van der Waals surface area contributed by atoms with Gasteiger partial charge in [0.2, 0.25) is 0 Å². The molecule has 0 bridgehead atoms. The van der Waals surface area contributed by atoms with Gasteiger partial charge >= 0.3 is 5.97 Å². The lowest BCUT2D eigenvalue weighted by atomic mass is 10.2. The molecule has 0 atom stereocenters. The van der Waals surface area contributed by atoms with Gasteiger partial charge in [0.15, 0.2) is 11.5 Å². The minimum Gasteiger partial charge on any atom is -0.493 e. The number of esters is 1. The largest absolute Gasteiger partial charge is 0.493 e. The number of nitrogens with zero attached hydrogens (tertiary/aromatic N) is 1. The molecule has 0 spiro atoms. The summed E-state index contributed by atoms with van der Waals surface area (Å²) in [6.45, 7) is 0. The average molecular weight is 407 g/mol. The second-order valence-corrected chi connectivity index (χ2v) is 6.10. The fourth-order valence-electron chi connectivity index (χ4n) is 2.49. The number of rotatable bonds is 6. The maximum absolute atomic E-state index is 13.7. The number of methoxy groups -OCH3 is 1. The molecule has 152 valence electrons. The molecule has 7 nitrogen and oxygen atoms in total. The molecule has 3 aromatic carbocycles. The molecule has 0 aliphatic heterocycles. The fraction of sp³-hybridized carbons (Fsp3) is 0.0455. The molecule has 0 unspecified atom stereocenters. The predicted octanol–water partition coefficient (Wildman–Crippen LogP) is 3.40. The Balaban J connectivity index is 1.68. The van der Waals surface area contributed by atoms with Crippen LogP contribution in [0, 0.1) is 5.82 Å². The Morgan fingerprint density at radius 1 is 1.03 bits per heavy atom. The number of nitrogens with two attached hydrogens (primary N) is 1. The summed E-state index contributed by atoms with van der Waals surface area (Å²) in [6.07, 6.45) is 1.40. The van der Waals surface area contributed by atoms with Crippen molar-refractivity contribution in [2.45, 2.75) is 0 Å². The molecule has 1 amide bonds. The third-order valence-electron chi connectivity index (χ3n) is 4.04. The van der Waals surface area contributed by atoms with Crippen LogP contribution in [0.1, 0.15) is 26.3 Å². The third-order valence-corrected chi connectivity index (χ3v) is 4.04. The zero-order chi connectivity index (χ0) is 21.5. The van der Waals surface area contributed by atoms with Crippen molar-refractivity contribution < 1.29 is 23.5 Å². The lowest BCUT2D eigenvalue weighted by Gasteiger charge is -2.10. The first-order valence-corrected chi connectivity index (χ1v) is 8.81. The van der Waals surface area contributed by atoms with Gasteiger partial charge in [-0.1, -0.05) is 12.1 Å². The van der Waals surface area contributed by atoms with E-state index in [1.807, 2.05) is 0 Å². The summed E-state index contributed by atoms with van der Waals surface area (Å²) in [4.78, 5) is 24.2. The van der Waals surface area contributed by atoms with Crippen LogP contribution in [0.2, 0.25) is 0 Å². The first-order chi connectivity index (χ1) is 14.5. The van der Waals surface area contributed by atoms with E-state index in [-0.39, 0.29) is 17.1 Å². The molecule has 0 aromatic heterocycles. The Morgan fingerprint density at radius 3 is 2.47 bits per heavy atom. The van der Waals surface area contributed by atoms with Crippen LogP contribution in [0.25, 0.3) is 0 Å². The minimum absolute atomic E-state index is 0.119. The number of hydrogen-bond donors (Lipinski definition) is 2. The van der Waals surface area contributed by atoms with E-state index in [9.17, 15) is 14.0 Å². The zero-order valence-electron chi connectivity index (χ0n) is 16.0. The molecule has 0 radical (unpaired) electrons. The average Bonchev–Trinajstić information content (AvgIpc) is 2.75. The molecule has 0 heterocycles.